The van der Waals surface area contributed by atoms with Crippen LogP contribution in [0.5, 0.6) is 11.5 Å². The second-order valence-electron chi connectivity index (χ2n) is 6.63. The molecule has 0 saturated carbocycles. The van der Waals surface area contributed by atoms with E-state index >= 15 is 0 Å². The van der Waals surface area contributed by atoms with Crippen LogP contribution in [0.3, 0.4) is 0 Å². The third-order valence-electron chi connectivity index (χ3n) is 4.36. The third kappa shape index (κ3) is 4.45. The molecule has 1 aliphatic heterocycles. The lowest BCUT2D eigenvalue weighted by atomic mass is 10.1. The number of benzene rings is 2. The molecule has 1 aromatic heterocycles. The van der Waals surface area contributed by atoms with Gasteiger partial charge in [0, 0.05) is 11.6 Å². The lowest BCUT2D eigenvalue weighted by Crippen LogP contribution is -2.15. The number of rotatable bonds is 5. The molecule has 0 saturated heterocycles. The predicted octanol–water partition coefficient (Wildman–Crippen LogP) is 4.13. The van der Waals surface area contributed by atoms with E-state index in [-0.39, 0.29) is 5.89 Å². The largest absolute Gasteiger partial charge is 0.486 e. The molecule has 0 unspecified atom stereocenters. The SMILES string of the molecule is Cc1ccc(-c2nnc([C@H](C)OC(=O)/C=C/c3ccc4c(c3)OCCO4)o2)cc1. The molecule has 1 atom stereocenters. The zero-order valence-corrected chi connectivity index (χ0v) is 16.1. The van der Waals surface area contributed by atoms with Crippen molar-refractivity contribution in [3.63, 3.8) is 0 Å². The molecule has 2 heterocycles. The summed E-state index contributed by atoms with van der Waals surface area (Å²) in [4.78, 5) is 12.1. The first-order valence-corrected chi connectivity index (χ1v) is 9.27. The second kappa shape index (κ2) is 8.18. The molecule has 0 amide bonds. The average Bonchev–Trinajstić information content (AvgIpc) is 3.23. The van der Waals surface area contributed by atoms with Gasteiger partial charge in [-0.05, 0) is 49.8 Å². The summed E-state index contributed by atoms with van der Waals surface area (Å²) in [5.74, 6) is 1.47. The first-order valence-electron chi connectivity index (χ1n) is 9.27. The van der Waals surface area contributed by atoms with Gasteiger partial charge in [-0.3, -0.25) is 0 Å². The Hall–Kier alpha value is -3.61. The summed E-state index contributed by atoms with van der Waals surface area (Å²) in [7, 11) is 0. The molecular formula is C22H20N2O5. The number of esters is 1. The summed E-state index contributed by atoms with van der Waals surface area (Å²) in [6, 6.07) is 13.2. The Morgan fingerprint density at radius 2 is 1.83 bits per heavy atom. The first kappa shape index (κ1) is 18.7. The van der Waals surface area contributed by atoms with E-state index in [9.17, 15) is 4.79 Å². The van der Waals surface area contributed by atoms with E-state index in [1.165, 1.54) is 6.08 Å². The highest BCUT2D eigenvalue weighted by Gasteiger charge is 2.18. The monoisotopic (exact) mass is 392 g/mol. The van der Waals surface area contributed by atoms with Gasteiger partial charge in [-0.1, -0.05) is 23.8 Å². The number of aromatic nitrogens is 2. The highest BCUT2D eigenvalue weighted by Crippen LogP contribution is 2.31. The number of fused-ring (bicyclic) bond motifs is 1. The number of hydrogen-bond acceptors (Lipinski definition) is 7. The smallest absolute Gasteiger partial charge is 0.331 e. The van der Waals surface area contributed by atoms with Gasteiger partial charge < -0.3 is 18.6 Å². The van der Waals surface area contributed by atoms with Crippen molar-refractivity contribution >= 4 is 12.0 Å². The van der Waals surface area contributed by atoms with Crippen molar-refractivity contribution < 1.29 is 23.4 Å². The van der Waals surface area contributed by atoms with Crippen LogP contribution in [0.15, 0.2) is 53.0 Å². The minimum absolute atomic E-state index is 0.238. The van der Waals surface area contributed by atoms with Gasteiger partial charge in [0.05, 0.1) is 0 Å². The topological polar surface area (TPSA) is 83.7 Å². The zero-order chi connectivity index (χ0) is 20.2. The predicted molar refractivity (Wildman–Crippen MR) is 105 cm³/mol. The molecule has 4 rings (SSSR count). The Bertz CT molecular complexity index is 1040. The molecule has 0 bridgehead atoms. The van der Waals surface area contributed by atoms with Gasteiger partial charge in [-0.2, -0.15) is 0 Å². The maximum Gasteiger partial charge on any atom is 0.331 e. The number of ether oxygens (including phenoxy) is 3. The molecule has 0 spiro atoms. The van der Waals surface area contributed by atoms with Crippen LogP contribution in [0, 0.1) is 6.92 Å². The van der Waals surface area contributed by atoms with Crippen molar-refractivity contribution in [1.82, 2.24) is 10.2 Å². The summed E-state index contributed by atoms with van der Waals surface area (Å²) in [6.45, 7) is 4.73. The van der Waals surface area contributed by atoms with Crippen LogP contribution >= 0.6 is 0 Å². The van der Waals surface area contributed by atoms with Gasteiger partial charge in [0.1, 0.15) is 13.2 Å². The number of carbonyl (C=O) groups excluding carboxylic acids is 1. The Labute approximate surface area is 167 Å². The molecule has 7 nitrogen and oxygen atoms in total. The van der Waals surface area contributed by atoms with Gasteiger partial charge in [0.25, 0.3) is 5.89 Å². The molecule has 0 N–H and O–H groups in total. The fourth-order valence-corrected chi connectivity index (χ4v) is 2.80. The van der Waals surface area contributed by atoms with Crippen molar-refractivity contribution in [2.75, 3.05) is 13.2 Å². The molecule has 0 aliphatic carbocycles. The van der Waals surface area contributed by atoms with E-state index in [0.29, 0.717) is 30.6 Å². The Morgan fingerprint density at radius 3 is 2.62 bits per heavy atom. The van der Waals surface area contributed by atoms with E-state index in [2.05, 4.69) is 10.2 Å². The van der Waals surface area contributed by atoms with Crippen LogP contribution in [-0.2, 0) is 9.53 Å². The van der Waals surface area contributed by atoms with Gasteiger partial charge in [0.15, 0.2) is 17.6 Å². The average molecular weight is 392 g/mol. The van der Waals surface area contributed by atoms with E-state index in [1.807, 2.05) is 49.4 Å². The Balaban J connectivity index is 1.38. The van der Waals surface area contributed by atoms with E-state index in [0.717, 1.165) is 16.7 Å². The van der Waals surface area contributed by atoms with Gasteiger partial charge in [-0.25, -0.2) is 4.79 Å². The fraction of sp³-hybridized carbons (Fsp3) is 0.227. The second-order valence-corrected chi connectivity index (χ2v) is 6.63. The lowest BCUT2D eigenvalue weighted by molar-refractivity contribution is -0.143. The van der Waals surface area contributed by atoms with Crippen LogP contribution in [0.2, 0.25) is 0 Å². The van der Waals surface area contributed by atoms with Crippen LogP contribution < -0.4 is 9.47 Å². The van der Waals surface area contributed by atoms with Crippen molar-refractivity contribution in [2.24, 2.45) is 0 Å². The van der Waals surface area contributed by atoms with Crippen molar-refractivity contribution in [3.8, 4) is 23.0 Å². The zero-order valence-electron chi connectivity index (χ0n) is 16.1. The quantitative estimate of drug-likeness (QED) is 0.477. The van der Waals surface area contributed by atoms with E-state index in [4.69, 9.17) is 18.6 Å². The molecule has 148 valence electrons. The van der Waals surface area contributed by atoms with Crippen molar-refractivity contribution in [2.45, 2.75) is 20.0 Å². The third-order valence-corrected chi connectivity index (χ3v) is 4.36. The van der Waals surface area contributed by atoms with Crippen LogP contribution in [0.4, 0.5) is 0 Å². The van der Waals surface area contributed by atoms with Crippen LogP contribution in [-0.4, -0.2) is 29.4 Å². The van der Waals surface area contributed by atoms with Gasteiger partial charge in [-0.15, -0.1) is 10.2 Å². The van der Waals surface area contributed by atoms with E-state index < -0.39 is 12.1 Å². The molecule has 0 fully saturated rings. The van der Waals surface area contributed by atoms with Crippen LogP contribution in [0.25, 0.3) is 17.5 Å². The Morgan fingerprint density at radius 1 is 1.07 bits per heavy atom. The highest BCUT2D eigenvalue weighted by molar-refractivity contribution is 5.87. The first-order chi connectivity index (χ1) is 14.1. The number of hydrogen-bond donors (Lipinski definition) is 0. The lowest BCUT2D eigenvalue weighted by Gasteiger charge is -2.18. The molecule has 2 aromatic carbocycles. The van der Waals surface area contributed by atoms with Gasteiger partial charge in [0.2, 0.25) is 5.89 Å². The number of nitrogens with zero attached hydrogens (tertiary/aromatic N) is 2. The molecule has 29 heavy (non-hydrogen) atoms. The Kier molecular flexibility index (Phi) is 5.29. The molecule has 7 heteroatoms. The van der Waals surface area contributed by atoms with E-state index in [1.54, 1.807) is 13.0 Å². The van der Waals surface area contributed by atoms with Crippen molar-refractivity contribution in [3.05, 3.63) is 65.6 Å². The molecule has 1 aliphatic rings. The normalized spacial score (nSPS) is 14.0. The van der Waals surface area contributed by atoms with Gasteiger partial charge >= 0.3 is 5.97 Å². The summed E-state index contributed by atoms with van der Waals surface area (Å²) < 4.78 is 22.0. The summed E-state index contributed by atoms with van der Waals surface area (Å²) in [5, 5.41) is 8.01. The maximum atomic E-state index is 12.1. The number of carbonyl (C=O) groups is 1. The molecule has 3 aromatic rings. The number of aryl methyl sites for hydroxylation is 1. The van der Waals surface area contributed by atoms with Crippen molar-refractivity contribution in [1.29, 1.82) is 0 Å². The minimum Gasteiger partial charge on any atom is -0.486 e. The summed E-state index contributed by atoms with van der Waals surface area (Å²) in [6.07, 6.45) is 2.33. The molecule has 0 radical (unpaired) electrons. The summed E-state index contributed by atoms with van der Waals surface area (Å²) in [5.41, 5.74) is 2.75. The standard InChI is InChI=1S/C22H20N2O5/c1-14-3-7-17(8-4-14)22-24-23-21(29-22)15(2)28-20(25)10-6-16-5-9-18-19(13-16)27-12-11-26-18/h3-10,13,15H,11-12H2,1-2H3/b10-6+/t15-/m0/s1. The maximum absolute atomic E-state index is 12.1. The summed E-state index contributed by atoms with van der Waals surface area (Å²) >= 11 is 0. The highest BCUT2D eigenvalue weighted by atomic mass is 16.6. The fourth-order valence-electron chi connectivity index (χ4n) is 2.80. The minimum atomic E-state index is -0.667. The van der Waals surface area contributed by atoms with Crippen LogP contribution in [0.1, 0.15) is 30.0 Å². The molecular weight excluding hydrogens is 372 g/mol.